The maximum Gasteiger partial charge on any atom is 0.341 e. The third-order valence-electron chi connectivity index (χ3n) is 2.73. The van der Waals surface area contributed by atoms with Crippen LogP contribution in [-0.2, 0) is 18.8 Å². The van der Waals surface area contributed by atoms with Gasteiger partial charge in [0.2, 0.25) is 0 Å². The molecule has 19 heavy (non-hydrogen) atoms. The average molecular weight is 291 g/mol. The van der Waals surface area contributed by atoms with Gasteiger partial charge in [0, 0.05) is 13.5 Å². The van der Waals surface area contributed by atoms with Crippen LogP contribution in [0, 0.1) is 0 Å². The van der Waals surface area contributed by atoms with Crippen LogP contribution >= 0.6 is 7.80 Å². The molecule has 0 aromatic heterocycles. The Morgan fingerprint density at radius 3 is 2.37 bits per heavy atom. The van der Waals surface area contributed by atoms with Crippen LogP contribution in [0.3, 0.4) is 0 Å². The van der Waals surface area contributed by atoms with Crippen LogP contribution < -0.4 is 0 Å². The summed E-state index contributed by atoms with van der Waals surface area (Å²) >= 11 is 0. The molecule has 0 rings (SSSR count). The van der Waals surface area contributed by atoms with Crippen molar-refractivity contribution in [3.63, 3.8) is 0 Å². The van der Waals surface area contributed by atoms with Gasteiger partial charge in [-0.25, -0.2) is 0 Å². The lowest BCUT2D eigenvalue weighted by atomic mass is 10.3. The van der Waals surface area contributed by atoms with Gasteiger partial charge in [-0.3, -0.25) is 4.79 Å². The van der Waals surface area contributed by atoms with Crippen molar-refractivity contribution in [1.29, 1.82) is 0 Å². The number of carbonyl (C=O) groups is 1. The van der Waals surface area contributed by atoms with Crippen molar-refractivity contribution in [3.05, 3.63) is 0 Å². The molecule has 0 radical (unpaired) electrons. The van der Waals surface area contributed by atoms with E-state index in [2.05, 4.69) is 6.92 Å². The molecule has 112 valence electrons. The number of carbonyl (C=O) groups excluding carboxylic acids is 1. The molecule has 1 atom stereocenters. The van der Waals surface area contributed by atoms with Gasteiger partial charge >= 0.3 is 13.8 Å². The van der Waals surface area contributed by atoms with Gasteiger partial charge < -0.3 is 9.47 Å². The maximum absolute atomic E-state index is 11.7. The highest BCUT2D eigenvalue weighted by Gasteiger charge is 2.13. The summed E-state index contributed by atoms with van der Waals surface area (Å²) in [6.07, 6.45) is 7.69. The molecular formula is C14H28O4P+. The van der Waals surface area contributed by atoms with Gasteiger partial charge in [0.25, 0.3) is 0 Å². The molecule has 0 heterocycles. The fourth-order valence-electron chi connectivity index (χ4n) is 1.62. The van der Waals surface area contributed by atoms with E-state index in [1.165, 1.54) is 19.8 Å². The molecule has 0 spiro atoms. The quantitative estimate of drug-likeness (QED) is 0.294. The number of rotatable bonds is 13. The van der Waals surface area contributed by atoms with Gasteiger partial charge in [0.15, 0.2) is 6.16 Å². The van der Waals surface area contributed by atoms with E-state index in [4.69, 9.17) is 9.47 Å². The molecule has 0 amide bonds. The second-order valence-electron chi connectivity index (χ2n) is 4.65. The second kappa shape index (κ2) is 14.0. The van der Waals surface area contributed by atoms with Crippen LogP contribution in [0.25, 0.3) is 0 Å². The van der Waals surface area contributed by atoms with Gasteiger partial charge in [0.05, 0.1) is 13.2 Å². The van der Waals surface area contributed by atoms with E-state index in [-0.39, 0.29) is 5.97 Å². The zero-order valence-electron chi connectivity index (χ0n) is 12.4. The predicted octanol–water partition coefficient (Wildman–Crippen LogP) is 3.75. The van der Waals surface area contributed by atoms with Gasteiger partial charge in [-0.2, -0.15) is 0 Å². The number of unbranched alkanes of at least 4 members (excludes halogenated alkanes) is 4. The first-order chi connectivity index (χ1) is 9.16. The highest BCUT2D eigenvalue weighted by Crippen LogP contribution is 2.22. The summed E-state index contributed by atoms with van der Waals surface area (Å²) in [4.78, 5) is 10.5. The van der Waals surface area contributed by atoms with E-state index in [0.29, 0.717) is 19.4 Å². The van der Waals surface area contributed by atoms with Crippen molar-refractivity contribution in [2.45, 2.75) is 52.4 Å². The summed E-state index contributed by atoms with van der Waals surface area (Å²) in [5, 5.41) is 0. The number of hydrogen-bond donors (Lipinski definition) is 0. The Hall–Kier alpha value is -0.470. The molecule has 0 fully saturated rings. The van der Waals surface area contributed by atoms with Crippen LogP contribution in [0.15, 0.2) is 0 Å². The Morgan fingerprint density at radius 1 is 0.947 bits per heavy atom. The monoisotopic (exact) mass is 291 g/mol. The summed E-state index contributed by atoms with van der Waals surface area (Å²) in [6.45, 7) is 5.47. The Balaban J connectivity index is 3.19. The van der Waals surface area contributed by atoms with E-state index in [9.17, 15) is 9.36 Å². The first-order valence-corrected chi connectivity index (χ1v) is 8.93. The van der Waals surface area contributed by atoms with E-state index in [0.717, 1.165) is 38.5 Å². The van der Waals surface area contributed by atoms with Crippen molar-refractivity contribution < 1.29 is 18.8 Å². The van der Waals surface area contributed by atoms with Crippen LogP contribution in [0.4, 0.5) is 0 Å². The van der Waals surface area contributed by atoms with E-state index < -0.39 is 7.80 Å². The Kier molecular flexibility index (Phi) is 13.6. The molecule has 0 aliphatic rings. The van der Waals surface area contributed by atoms with E-state index in [1.807, 2.05) is 0 Å². The molecule has 0 aliphatic carbocycles. The zero-order chi connectivity index (χ0) is 14.3. The third-order valence-corrected chi connectivity index (χ3v) is 4.23. The van der Waals surface area contributed by atoms with Crippen molar-refractivity contribution in [2.75, 3.05) is 32.1 Å². The average Bonchev–Trinajstić information content (AvgIpc) is 2.37. The molecule has 0 aromatic rings. The lowest BCUT2D eigenvalue weighted by molar-refractivity contribution is -0.141. The summed E-state index contributed by atoms with van der Waals surface area (Å²) < 4.78 is 21.9. The third kappa shape index (κ3) is 15.5. The zero-order valence-corrected chi connectivity index (χ0v) is 13.3. The smallest absolute Gasteiger partial charge is 0.341 e. The van der Waals surface area contributed by atoms with Crippen molar-refractivity contribution in [1.82, 2.24) is 0 Å². The largest absolute Gasteiger partial charge is 0.466 e. The normalized spacial score (nSPS) is 11.4. The van der Waals surface area contributed by atoms with Crippen molar-refractivity contribution >= 4 is 13.8 Å². The molecule has 0 N–H and O–H groups in total. The van der Waals surface area contributed by atoms with Crippen LogP contribution in [-0.4, -0.2) is 38.1 Å². The SMILES string of the molecule is CCCCCOCC[P+](=O)CCCCCOC(C)=O. The summed E-state index contributed by atoms with van der Waals surface area (Å²) in [7, 11) is -1.12. The first kappa shape index (κ1) is 18.5. The summed E-state index contributed by atoms with van der Waals surface area (Å²) in [5.74, 6) is -0.230. The molecular weight excluding hydrogens is 263 g/mol. The fourth-order valence-corrected chi connectivity index (χ4v) is 2.75. The topological polar surface area (TPSA) is 52.6 Å². The minimum absolute atomic E-state index is 0.230. The van der Waals surface area contributed by atoms with Crippen molar-refractivity contribution in [3.8, 4) is 0 Å². The minimum Gasteiger partial charge on any atom is -0.466 e. The lowest BCUT2D eigenvalue weighted by Gasteiger charge is -2.00. The Morgan fingerprint density at radius 2 is 1.68 bits per heavy atom. The van der Waals surface area contributed by atoms with E-state index >= 15 is 0 Å². The summed E-state index contributed by atoms with van der Waals surface area (Å²) in [6, 6.07) is 0. The number of hydrogen-bond acceptors (Lipinski definition) is 4. The first-order valence-electron chi connectivity index (χ1n) is 7.30. The van der Waals surface area contributed by atoms with Crippen LogP contribution in [0.1, 0.15) is 52.4 Å². The van der Waals surface area contributed by atoms with Gasteiger partial charge in [0.1, 0.15) is 6.16 Å². The molecule has 0 bridgehead atoms. The molecule has 1 unspecified atom stereocenters. The molecule has 0 saturated heterocycles. The standard InChI is InChI=1S/C14H28O4P/c1-3-4-6-9-17-11-13-19(16)12-8-5-7-10-18-14(2)15/h3-13H2,1-2H3/q+1. The van der Waals surface area contributed by atoms with Crippen LogP contribution in [0.2, 0.25) is 0 Å². The molecule has 0 aromatic carbocycles. The molecule has 0 aliphatic heterocycles. The highest BCUT2D eigenvalue weighted by atomic mass is 31.1. The minimum atomic E-state index is -1.12. The maximum atomic E-state index is 11.7. The van der Waals surface area contributed by atoms with Crippen molar-refractivity contribution in [2.24, 2.45) is 0 Å². The Labute approximate surface area is 118 Å². The lowest BCUT2D eigenvalue weighted by Crippen LogP contribution is -2.01. The Bertz CT molecular complexity index is 244. The molecule has 0 saturated carbocycles. The number of esters is 1. The number of ether oxygens (including phenoxy) is 2. The summed E-state index contributed by atoms with van der Waals surface area (Å²) in [5.41, 5.74) is 0. The van der Waals surface area contributed by atoms with Crippen LogP contribution in [0.5, 0.6) is 0 Å². The van der Waals surface area contributed by atoms with E-state index in [1.54, 1.807) is 0 Å². The van der Waals surface area contributed by atoms with Gasteiger partial charge in [-0.05, 0) is 25.7 Å². The fraction of sp³-hybridized carbons (Fsp3) is 0.929. The van der Waals surface area contributed by atoms with Gasteiger partial charge in [-0.1, -0.05) is 24.3 Å². The molecule has 5 heteroatoms. The van der Waals surface area contributed by atoms with Gasteiger partial charge in [-0.15, -0.1) is 0 Å². The highest BCUT2D eigenvalue weighted by molar-refractivity contribution is 7.44. The predicted molar refractivity (Wildman–Crippen MR) is 78.2 cm³/mol. The second-order valence-corrected chi connectivity index (χ2v) is 6.51. The molecule has 4 nitrogen and oxygen atoms in total.